The highest BCUT2D eigenvalue weighted by molar-refractivity contribution is 7.17. The third-order valence-corrected chi connectivity index (χ3v) is 2.93. The van der Waals surface area contributed by atoms with Crippen LogP contribution in [0.3, 0.4) is 0 Å². The fourth-order valence-corrected chi connectivity index (χ4v) is 2.36. The number of benzene rings is 1. The first-order valence-electron chi connectivity index (χ1n) is 3.75. The van der Waals surface area contributed by atoms with Crippen molar-refractivity contribution in [1.82, 2.24) is 0 Å². The third-order valence-electron chi connectivity index (χ3n) is 1.96. The number of carbonyl (C=O) groups is 1. The number of fused-ring (bicyclic) bond motifs is 1. The Hall–Kier alpha value is -1.15. The molecule has 2 rings (SSSR count). The minimum absolute atomic E-state index is 0.813. The highest BCUT2D eigenvalue weighted by atomic mass is 32.1. The molecule has 2 aromatic rings. The van der Waals surface area contributed by atoms with Gasteiger partial charge in [-0.2, -0.15) is 0 Å². The quantitative estimate of drug-likeness (QED) is 0.610. The predicted octanol–water partition coefficient (Wildman–Crippen LogP) is 3.02. The third kappa shape index (κ3) is 0.959. The lowest BCUT2D eigenvalue weighted by molar-refractivity contribution is 0.112. The van der Waals surface area contributed by atoms with Crippen LogP contribution >= 0.6 is 11.3 Å². The summed E-state index contributed by atoms with van der Waals surface area (Å²) in [6.45, 7) is 2.03. The summed E-state index contributed by atoms with van der Waals surface area (Å²) in [5.74, 6) is 0. The molecule has 60 valence electrons. The smallest absolute Gasteiger partial charge is 0.151 e. The Morgan fingerprint density at radius 1 is 1.42 bits per heavy atom. The van der Waals surface area contributed by atoms with E-state index in [0.29, 0.717) is 0 Å². The first kappa shape index (κ1) is 7.50. The van der Waals surface area contributed by atoms with Crippen LogP contribution in [0.1, 0.15) is 15.9 Å². The molecule has 0 aliphatic carbocycles. The van der Waals surface area contributed by atoms with Gasteiger partial charge in [0, 0.05) is 21.0 Å². The summed E-state index contributed by atoms with van der Waals surface area (Å²) >= 11 is 1.62. The Balaban J connectivity index is 2.91. The summed E-state index contributed by atoms with van der Waals surface area (Å²) in [6, 6.07) is 6.09. The van der Waals surface area contributed by atoms with E-state index in [0.717, 1.165) is 17.2 Å². The lowest BCUT2D eigenvalue weighted by Crippen LogP contribution is -1.78. The predicted molar refractivity (Wildman–Crippen MR) is 51.9 cm³/mol. The molecule has 0 aliphatic rings. The van der Waals surface area contributed by atoms with Crippen LogP contribution in [0.4, 0.5) is 0 Å². The Morgan fingerprint density at radius 2 is 2.25 bits per heavy atom. The van der Waals surface area contributed by atoms with Gasteiger partial charge in [-0.15, -0.1) is 11.3 Å². The van der Waals surface area contributed by atoms with Crippen molar-refractivity contribution < 1.29 is 4.79 Å². The number of thiophene rings is 1. The summed E-state index contributed by atoms with van der Waals surface area (Å²) in [4.78, 5) is 10.6. The highest BCUT2D eigenvalue weighted by Crippen LogP contribution is 2.27. The number of aryl methyl sites for hydroxylation is 1. The van der Waals surface area contributed by atoms with Crippen molar-refractivity contribution in [1.29, 1.82) is 0 Å². The molecule has 0 saturated carbocycles. The summed E-state index contributed by atoms with van der Waals surface area (Å²) in [5.41, 5.74) is 1.99. The normalized spacial score (nSPS) is 10.4. The second-order valence-corrected chi connectivity index (χ2v) is 3.67. The number of hydrogen-bond donors (Lipinski definition) is 0. The van der Waals surface area contributed by atoms with Crippen LogP contribution in [0.5, 0.6) is 0 Å². The first-order valence-corrected chi connectivity index (χ1v) is 4.63. The van der Waals surface area contributed by atoms with E-state index in [2.05, 4.69) is 0 Å². The Labute approximate surface area is 74.6 Å². The molecule has 0 saturated heterocycles. The molecule has 1 heterocycles. The van der Waals surface area contributed by atoms with E-state index in [4.69, 9.17) is 0 Å². The van der Waals surface area contributed by atoms with Crippen LogP contribution in [0, 0.1) is 6.92 Å². The van der Waals surface area contributed by atoms with Gasteiger partial charge in [0.2, 0.25) is 0 Å². The maximum Gasteiger partial charge on any atom is 0.151 e. The topological polar surface area (TPSA) is 17.1 Å². The summed E-state index contributed by atoms with van der Waals surface area (Å²) in [5, 5.41) is 3.02. The lowest BCUT2D eigenvalue weighted by atomic mass is 10.1. The van der Waals surface area contributed by atoms with Crippen molar-refractivity contribution in [3.63, 3.8) is 0 Å². The zero-order valence-corrected chi connectivity index (χ0v) is 7.52. The average molecular weight is 176 g/mol. The fraction of sp³-hybridized carbons (Fsp3) is 0.100. The molecular formula is C10H8OS. The van der Waals surface area contributed by atoms with Gasteiger partial charge < -0.3 is 0 Å². The number of hydrogen-bond acceptors (Lipinski definition) is 2. The molecule has 0 aliphatic heterocycles. The summed E-state index contributed by atoms with van der Waals surface area (Å²) in [7, 11) is 0. The van der Waals surface area contributed by atoms with Crippen molar-refractivity contribution in [3.05, 3.63) is 34.7 Å². The van der Waals surface area contributed by atoms with Gasteiger partial charge >= 0.3 is 0 Å². The minimum Gasteiger partial charge on any atom is -0.298 e. The van der Waals surface area contributed by atoms with Gasteiger partial charge in [-0.1, -0.05) is 12.1 Å². The zero-order valence-electron chi connectivity index (χ0n) is 6.70. The van der Waals surface area contributed by atoms with Gasteiger partial charge in [-0.05, 0) is 18.6 Å². The van der Waals surface area contributed by atoms with Gasteiger partial charge in [-0.3, -0.25) is 4.79 Å². The number of aldehydes is 1. The Morgan fingerprint density at radius 3 is 3.00 bits per heavy atom. The molecule has 2 heteroatoms. The summed E-state index contributed by atoms with van der Waals surface area (Å²) in [6.07, 6.45) is 0.922. The fourth-order valence-electron chi connectivity index (χ4n) is 1.38. The van der Waals surface area contributed by atoms with E-state index in [1.165, 1.54) is 10.3 Å². The molecule has 0 radical (unpaired) electrons. The molecule has 0 amide bonds. The van der Waals surface area contributed by atoms with Crippen LogP contribution in [0.2, 0.25) is 0 Å². The second kappa shape index (κ2) is 2.72. The molecule has 1 nitrogen and oxygen atoms in total. The van der Waals surface area contributed by atoms with Gasteiger partial charge in [0.1, 0.15) is 0 Å². The van der Waals surface area contributed by atoms with E-state index in [9.17, 15) is 4.79 Å². The van der Waals surface area contributed by atoms with Crippen molar-refractivity contribution >= 4 is 27.7 Å². The van der Waals surface area contributed by atoms with Crippen molar-refractivity contribution in [2.45, 2.75) is 6.92 Å². The molecular weight excluding hydrogens is 168 g/mol. The molecule has 0 atom stereocenters. The molecule has 1 aromatic heterocycles. The molecule has 0 bridgehead atoms. The van der Waals surface area contributed by atoms with E-state index >= 15 is 0 Å². The van der Waals surface area contributed by atoms with Gasteiger partial charge in [-0.25, -0.2) is 0 Å². The van der Waals surface area contributed by atoms with Crippen molar-refractivity contribution in [2.24, 2.45) is 0 Å². The molecule has 0 N–H and O–H groups in total. The van der Waals surface area contributed by atoms with Crippen molar-refractivity contribution in [3.8, 4) is 0 Å². The van der Waals surface area contributed by atoms with Crippen LogP contribution in [0.15, 0.2) is 23.6 Å². The van der Waals surface area contributed by atoms with Crippen LogP contribution in [0.25, 0.3) is 10.1 Å². The SMILES string of the molecule is Cc1cccc2scc(C=O)c12. The van der Waals surface area contributed by atoms with Crippen molar-refractivity contribution in [2.75, 3.05) is 0 Å². The molecule has 0 fully saturated rings. The summed E-state index contributed by atoms with van der Waals surface area (Å²) < 4.78 is 1.19. The second-order valence-electron chi connectivity index (χ2n) is 2.76. The van der Waals surface area contributed by atoms with Crippen LogP contribution < -0.4 is 0 Å². The molecule has 0 unspecified atom stereocenters. The number of carbonyl (C=O) groups excluding carboxylic acids is 1. The molecule has 1 aromatic carbocycles. The standard InChI is InChI=1S/C10H8OS/c1-7-3-2-4-9-10(7)8(5-11)6-12-9/h2-6H,1H3. The van der Waals surface area contributed by atoms with E-state index < -0.39 is 0 Å². The van der Waals surface area contributed by atoms with Crippen LogP contribution in [-0.2, 0) is 0 Å². The minimum atomic E-state index is 0.813. The zero-order chi connectivity index (χ0) is 8.55. The average Bonchev–Trinajstić information content (AvgIpc) is 2.49. The van der Waals surface area contributed by atoms with Gasteiger partial charge in [0.15, 0.2) is 6.29 Å². The Kier molecular flexibility index (Phi) is 1.70. The van der Waals surface area contributed by atoms with Crippen LogP contribution in [-0.4, -0.2) is 6.29 Å². The lowest BCUT2D eigenvalue weighted by Gasteiger charge is -1.94. The first-order chi connectivity index (χ1) is 5.83. The van der Waals surface area contributed by atoms with E-state index in [-0.39, 0.29) is 0 Å². The van der Waals surface area contributed by atoms with Gasteiger partial charge in [0.05, 0.1) is 0 Å². The van der Waals surface area contributed by atoms with Gasteiger partial charge in [0.25, 0.3) is 0 Å². The monoisotopic (exact) mass is 176 g/mol. The highest BCUT2D eigenvalue weighted by Gasteiger charge is 2.03. The molecule has 12 heavy (non-hydrogen) atoms. The maximum absolute atomic E-state index is 10.6. The van der Waals surface area contributed by atoms with E-state index in [1.807, 2.05) is 30.5 Å². The largest absolute Gasteiger partial charge is 0.298 e. The molecule has 0 spiro atoms. The maximum atomic E-state index is 10.6. The number of rotatable bonds is 1. The Bertz CT molecular complexity index is 428. The van der Waals surface area contributed by atoms with E-state index in [1.54, 1.807) is 11.3 Å².